The van der Waals surface area contributed by atoms with Crippen LogP contribution in [0, 0.1) is 11.3 Å². The largest absolute Gasteiger partial charge is 0.401 e. The smallest absolute Gasteiger partial charge is 0.205 e. The van der Waals surface area contributed by atoms with Gasteiger partial charge >= 0.3 is 0 Å². The van der Waals surface area contributed by atoms with E-state index in [1.54, 1.807) is 37.3 Å². The van der Waals surface area contributed by atoms with Gasteiger partial charge in [0, 0.05) is 11.3 Å². The zero-order valence-corrected chi connectivity index (χ0v) is 7.82. The molecule has 0 saturated carbocycles. The summed E-state index contributed by atoms with van der Waals surface area (Å²) in [6.45, 7) is 1.54. The monoisotopic (exact) mass is 186 g/mol. The van der Waals surface area contributed by atoms with E-state index in [4.69, 9.17) is 11.0 Å². The van der Waals surface area contributed by atoms with E-state index in [0.29, 0.717) is 5.56 Å². The Balaban J connectivity index is 3.11. The highest BCUT2D eigenvalue weighted by Gasteiger charge is 2.12. The van der Waals surface area contributed by atoms with Crippen LogP contribution < -0.4 is 5.73 Å². The van der Waals surface area contributed by atoms with Crippen molar-refractivity contribution in [2.24, 2.45) is 5.73 Å². The Morgan fingerprint density at radius 2 is 1.93 bits per heavy atom. The number of nitrogens with two attached hydrogens (primary N) is 1. The van der Waals surface area contributed by atoms with Crippen LogP contribution in [0.3, 0.4) is 0 Å². The lowest BCUT2D eigenvalue weighted by atomic mass is 10.0. The van der Waals surface area contributed by atoms with E-state index in [0.717, 1.165) is 0 Å². The molecule has 0 aliphatic heterocycles. The molecular formula is C11H10N2O. The number of carbonyl (C=O) groups is 1. The first-order valence-corrected chi connectivity index (χ1v) is 4.13. The average molecular weight is 186 g/mol. The summed E-state index contributed by atoms with van der Waals surface area (Å²) in [6.07, 6.45) is 0. The topological polar surface area (TPSA) is 66.9 Å². The van der Waals surface area contributed by atoms with Gasteiger partial charge in [0.2, 0.25) is 5.78 Å². The van der Waals surface area contributed by atoms with Crippen molar-refractivity contribution in [3.63, 3.8) is 0 Å². The van der Waals surface area contributed by atoms with Gasteiger partial charge in [0.05, 0.1) is 0 Å². The number of carbonyl (C=O) groups excluding carboxylic acids is 1. The maximum absolute atomic E-state index is 11.7. The first-order chi connectivity index (χ1) is 6.66. The molecule has 3 heteroatoms. The molecule has 0 fully saturated rings. The summed E-state index contributed by atoms with van der Waals surface area (Å²) in [6, 6.07) is 10.4. The first-order valence-electron chi connectivity index (χ1n) is 4.13. The molecule has 14 heavy (non-hydrogen) atoms. The number of nitriles is 1. The lowest BCUT2D eigenvalue weighted by Gasteiger charge is -1.99. The van der Waals surface area contributed by atoms with Crippen molar-refractivity contribution in [2.45, 2.75) is 6.92 Å². The summed E-state index contributed by atoms with van der Waals surface area (Å²) in [7, 11) is 0. The molecule has 0 radical (unpaired) electrons. The lowest BCUT2D eigenvalue weighted by molar-refractivity contribution is 0.103. The highest BCUT2D eigenvalue weighted by molar-refractivity contribution is 6.11. The van der Waals surface area contributed by atoms with Gasteiger partial charge in [0.25, 0.3) is 0 Å². The second kappa shape index (κ2) is 4.24. The van der Waals surface area contributed by atoms with E-state index in [1.165, 1.54) is 0 Å². The van der Waals surface area contributed by atoms with Gasteiger partial charge in [-0.25, -0.2) is 0 Å². The molecule has 0 saturated heterocycles. The fourth-order valence-electron chi connectivity index (χ4n) is 1.05. The molecule has 70 valence electrons. The Hall–Kier alpha value is -2.08. The second-order valence-electron chi connectivity index (χ2n) is 2.86. The molecule has 1 aromatic carbocycles. The van der Waals surface area contributed by atoms with Crippen LogP contribution in [-0.4, -0.2) is 5.78 Å². The number of benzene rings is 1. The third kappa shape index (κ3) is 1.99. The van der Waals surface area contributed by atoms with Crippen LogP contribution in [0.4, 0.5) is 0 Å². The van der Waals surface area contributed by atoms with Gasteiger partial charge in [-0.05, 0) is 6.92 Å². The van der Waals surface area contributed by atoms with Gasteiger partial charge < -0.3 is 5.73 Å². The van der Waals surface area contributed by atoms with Gasteiger partial charge in [0.1, 0.15) is 11.6 Å². The maximum Gasteiger partial charge on any atom is 0.205 e. The van der Waals surface area contributed by atoms with Gasteiger partial charge in [-0.3, -0.25) is 4.79 Å². The van der Waals surface area contributed by atoms with E-state index < -0.39 is 0 Å². The number of ketones is 1. The summed E-state index contributed by atoms with van der Waals surface area (Å²) < 4.78 is 0. The Morgan fingerprint density at radius 1 is 1.36 bits per heavy atom. The summed E-state index contributed by atoms with van der Waals surface area (Å²) >= 11 is 0. The van der Waals surface area contributed by atoms with E-state index in [2.05, 4.69) is 0 Å². The minimum absolute atomic E-state index is 0.0104. The van der Waals surface area contributed by atoms with Crippen LogP contribution in [-0.2, 0) is 0 Å². The molecule has 3 nitrogen and oxygen atoms in total. The van der Waals surface area contributed by atoms with Crippen molar-refractivity contribution in [3.8, 4) is 6.07 Å². The van der Waals surface area contributed by atoms with E-state index in [1.807, 2.05) is 6.07 Å². The Labute approximate surface area is 82.5 Å². The molecule has 0 amide bonds. The molecule has 1 rings (SSSR count). The zero-order chi connectivity index (χ0) is 10.6. The molecule has 0 atom stereocenters. The molecule has 0 heterocycles. The molecule has 0 unspecified atom stereocenters. The van der Waals surface area contributed by atoms with E-state index in [9.17, 15) is 4.79 Å². The molecule has 1 aromatic rings. The van der Waals surface area contributed by atoms with Crippen LogP contribution in [0.25, 0.3) is 0 Å². The lowest BCUT2D eigenvalue weighted by Crippen LogP contribution is -2.08. The highest BCUT2D eigenvalue weighted by Crippen LogP contribution is 2.08. The number of Topliss-reactive ketones (excluding diaryl/α,β-unsaturated/α-hetero) is 1. The normalized spacial score (nSPS) is 11.4. The second-order valence-corrected chi connectivity index (χ2v) is 2.86. The highest BCUT2D eigenvalue weighted by atomic mass is 16.1. The molecular weight excluding hydrogens is 176 g/mol. The molecule has 0 spiro atoms. The number of hydrogen-bond donors (Lipinski definition) is 1. The third-order valence-electron chi connectivity index (χ3n) is 1.77. The van der Waals surface area contributed by atoms with Crippen molar-refractivity contribution in [3.05, 3.63) is 47.2 Å². The van der Waals surface area contributed by atoms with Crippen molar-refractivity contribution >= 4 is 5.78 Å². The fraction of sp³-hybridized carbons (Fsp3) is 0.0909. The summed E-state index contributed by atoms with van der Waals surface area (Å²) in [5, 5.41) is 8.72. The van der Waals surface area contributed by atoms with Crippen LogP contribution in [0.15, 0.2) is 41.6 Å². The van der Waals surface area contributed by atoms with Gasteiger partial charge in [-0.15, -0.1) is 0 Å². The SMILES string of the molecule is C/C(N)=C(/C#N)C(=O)c1ccccc1. The summed E-state index contributed by atoms with van der Waals surface area (Å²) in [5.74, 6) is -0.326. The van der Waals surface area contributed by atoms with Crippen molar-refractivity contribution in [1.29, 1.82) is 5.26 Å². The van der Waals surface area contributed by atoms with Crippen LogP contribution >= 0.6 is 0 Å². The zero-order valence-electron chi connectivity index (χ0n) is 7.82. The summed E-state index contributed by atoms with van der Waals surface area (Å²) in [5.41, 5.74) is 6.16. The maximum atomic E-state index is 11.7. The molecule has 0 aliphatic carbocycles. The Kier molecular flexibility index (Phi) is 3.03. The molecule has 0 bridgehead atoms. The Bertz CT molecular complexity index is 409. The van der Waals surface area contributed by atoms with Crippen LogP contribution in [0.5, 0.6) is 0 Å². The van der Waals surface area contributed by atoms with E-state index in [-0.39, 0.29) is 17.1 Å². The van der Waals surface area contributed by atoms with E-state index >= 15 is 0 Å². The summed E-state index contributed by atoms with van der Waals surface area (Å²) in [4.78, 5) is 11.7. The third-order valence-corrected chi connectivity index (χ3v) is 1.77. The van der Waals surface area contributed by atoms with Gasteiger partial charge in [0.15, 0.2) is 0 Å². The fourth-order valence-corrected chi connectivity index (χ4v) is 1.05. The van der Waals surface area contributed by atoms with Crippen molar-refractivity contribution in [2.75, 3.05) is 0 Å². The number of allylic oxidation sites excluding steroid dienone is 2. The first kappa shape index (κ1) is 10.0. The molecule has 0 aromatic heterocycles. The number of hydrogen-bond acceptors (Lipinski definition) is 3. The number of rotatable bonds is 2. The standard InChI is InChI=1S/C11H10N2O/c1-8(13)10(7-12)11(14)9-5-3-2-4-6-9/h2-6H,13H2,1H3/b10-8+. The van der Waals surface area contributed by atoms with Crippen molar-refractivity contribution < 1.29 is 4.79 Å². The minimum Gasteiger partial charge on any atom is -0.401 e. The average Bonchev–Trinajstić information content (AvgIpc) is 2.19. The number of nitrogens with zero attached hydrogens (tertiary/aromatic N) is 1. The van der Waals surface area contributed by atoms with Crippen LogP contribution in [0.2, 0.25) is 0 Å². The predicted octanol–water partition coefficient (Wildman–Crippen LogP) is 1.63. The van der Waals surface area contributed by atoms with Gasteiger partial charge in [-0.1, -0.05) is 30.3 Å². The van der Waals surface area contributed by atoms with Crippen LogP contribution in [0.1, 0.15) is 17.3 Å². The quantitative estimate of drug-likeness (QED) is 0.433. The minimum atomic E-state index is -0.326. The van der Waals surface area contributed by atoms with Crippen molar-refractivity contribution in [1.82, 2.24) is 0 Å². The van der Waals surface area contributed by atoms with Gasteiger partial charge in [-0.2, -0.15) is 5.26 Å². The molecule has 2 N–H and O–H groups in total. The molecule has 0 aliphatic rings. The Morgan fingerprint density at radius 3 is 2.36 bits per heavy atom. The predicted molar refractivity (Wildman–Crippen MR) is 53.3 cm³/mol.